The average Bonchev–Trinajstić information content (AvgIpc) is 3.42. The van der Waals surface area contributed by atoms with E-state index in [1.54, 1.807) is 18.2 Å². The minimum Gasteiger partial charge on any atom is -0.423 e. The highest BCUT2D eigenvalue weighted by molar-refractivity contribution is 5.93. The fraction of sp³-hybridized carbons (Fsp3) is 0.346. The van der Waals surface area contributed by atoms with Gasteiger partial charge < -0.3 is 14.9 Å². The highest BCUT2D eigenvalue weighted by Crippen LogP contribution is 2.77. The molecule has 3 aliphatic carbocycles. The molecule has 152 valence electrons. The van der Waals surface area contributed by atoms with E-state index in [4.69, 9.17) is 4.74 Å². The quantitative estimate of drug-likeness (QED) is 0.490. The molecule has 30 heavy (non-hydrogen) atoms. The van der Waals surface area contributed by atoms with Gasteiger partial charge in [-0.05, 0) is 71.3 Å². The smallest absolute Gasteiger partial charge is 0.343 e. The van der Waals surface area contributed by atoms with Gasteiger partial charge in [-0.25, -0.2) is 4.79 Å². The largest absolute Gasteiger partial charge is 0.423 e. The van der Waals surface area contributed by atoms with Crippen molar-refractivity contribution in [2.45, 2.75) is 43.8 Å². The number of hydrogen-bond donors (Lipinski definition) is 2. The number of rotatable bonds is 2. The predicted octanol–water partition coefficient (Wildman–Crippen LogP) is 4.52. The minimum atomic E-state index is -0.606. The van der Waals surface area contributed by atoms with Gasteiger partial charge in [-0.1, -0.05) is 43.3 Å². The van der Waals surface area contributed by atoms with Crippen LogP contribution in [-0.2, 0) is 5.41 Å². The van der Waals surface area contributed by atoms with Crippen molar-refractivity contribution in [3.05, 3.63) is 77.4 Å². The van der Waals surface area contributed by atoms with Gasteiger partial charge >= 0.3 is 5.97 Å². The third-order valence-electron chi connectivity index (χ3n) is 8.05. The number of benzene rings is 3. The molecule has 0 aromatic heterocycles. The van der Waals surface area contributed by atoms with Crippen LogP contribution in [0.15, 0.2) is 60.7 Å². The third kappa shape index (κ3) is 2.21. The van der Waals surface area contributed by atoms with Gasteiger partial charge in [0.2, 0.25) is 0 Å². The number of aliphatic hydroxyl groups excluding tert-OH is 2. The normalized spacial score (nSPS) is 33.5. The molecule has 0 bridgehead atoms. The summed E-state index contributed by atoms with van der Waals surface area (Å²) in [4.78, 5) is 12.4. The summed E-state index contributed by atoms with van der Waals surface area (Å²) in [5.74, 6) is 0.612. The third-order valence-corrected chi connectivity index (χ3v) is 8.05. The van der Waals surface area contributed by atoms with E-state index in [1.807, 2.05) is 30.3 Å². The number of hydrogen-bond acceptors (Lipinski definition) is 4. The van der Waals surface area contributed by atoms with Crippen LogP contribution in [0.3, 0.4) is 0 Å². The van der Waals surface area contributed by atoms with Crippen LogP contribution >= 0.6 is 0 Å². The maximum atomic E-state index is 12.4. The molecule has 2 N–H and O–H groups in total. The van der Waals surface area contributed by atoms with Crippen molar-refractivity contribution in [1.29, 1.82) is 0 Å². The van der Waals surface area contributed by atoms with Crippen molar-refractivity contribution in [3.63, 3.8) is 0 Å². The first-order chi connectivity index (χ1) is 14.4. The number of carbonyl (C=O) groups excluding carboxylic acids is 1. The van der Waals surface area contributed by atoms with Crippen molar-refractivity contribution in [3.8, 4) is 5.75 Å². The van der Waals surface area contributed by atoms with Crippen LogP contribution in [0, 0.1) is 11.3 Å². The average molecular weight is 400 g/mol. The lowest BCUT2D eigenvalue weighted by Crippen LogP contribution is -2.44. The second kappa shape index (κ2) is 5.93. The van der Waals surface area contributed by atoms with E-state index in [-0.39, 0.29) is 22.9 Å². The molecule has 0 aliphatic heterocycles. The Morgan fingerprint density at radius 2 is 1.83 bits per heavy atom. The number of carbonyl (C=O) groups is 1. The Morgan fingerprint density at radius 3 is 2.63 bits per heavy atom. The van der Waals surface area contributed by atoms with Gasteiger partial charge in [0.05, 0.1) is 17.8 Å². The Morgan fingerprint density at radius 1 is 1.03 bits per heavy atom. The van der Waals surface area contributed by atoms with E-state index >= 15 is 0 Å². The molecule has 4 unspecified atom stereocenters. The number of esters is 1. The van der Waals surface area contributed by atoms with Gasteiger partial charge in [0.15, 0.2) is 0 Å². The van der Waals surface area contributed by atoms with Crippen molar-refractivity contribution in [1.82, 2.24) is 0 Å². The lowest BCUT2D eigenvalue weighted by Gasteiger charge is -2.45. The zero-order valence-electron chi connectivity index (χ0n) is 16.8. The molecular weight excluding hydrogens is 376 g/mol. The number of fused-ring (bicyclic) bond motifs is 3. The molecule has 3 aromatic rings. The zero-order valence-corrected chi connectivity index (χ0v) is 16.8. The van der Waals surface area contributed by atoms with Crippen LogP contribution < -0.4 is 4.74 Å². The molecule has 0 saturated heterocycles. The molecule has 0 radical (unpaired) electrons. The molecule has 2 fully saturated rings. The van der Waals surface area contributed by atoms with Crippen LogP contribution in [0.25, 0.3) is 10.8 Å². The SMILES string of the molecule is C[C@]12CC(O)c3c(ccc4cc(OC(=O)c5ccccc5)ccc34)C13CC3CC2O. The monoisotopic (exact) mass is 400 g/mol. The van der Waals surface area contributed by atoms with Crippen molar-refractivity contribution in [2.24, 2.45) is 11.3 Å². The van der Waals surface area contributed by atoms with E-state index in [1.165, 1.54) is 5.56 Å². The molecule has 4 heteroatoms. The molecule has 3 aliphatic rings. The van der Waals surface area contributed by atoms with Gasteiger partial charge in [0.25, 0.3) is 0 Å². The van der Waals surface area contributed by atoms with Gasteiger partial charge in [-0.15, -0.1) is 0 Å². The van der Waals surface area contributed by atoms with E-state index in [0.29, 0.717) is 23.7 Å². The molecular formula is C26H24O4. The maximum absolute atomic E-state index is 12.4. The van der Waals surface area contributed by atoms with E-state index in [2.05, 4.69) is 19.1 Å². The minimum absolute atomic E-state index is 0.00633. The molecule has 0 amide bonds. The topological polar surface area (TPSA) is 66.8 Å². The lowest BCUT2D eigenvalue weighted by molar-refractivity contribution is -0.0191. The summed E-state index contributed by atoms with van der Waals surface area (Å²) in [5.41, 5.74) is 2.43. The first kappa shape index (κ1) is 18.1. The van der Waals surface area contributed by atoms with Crippen LogP contribution in [-0.4, -0.2) is 22.3 Å². The number of aliphatic hydroxyl groups is 2. The van der Waals surface area contributed by atoms with E-state index in [9.17, 15) is 15.0 Å². The van der Waals surface area contributed by atoms with Crippen molar-refractivity contribution in [2.75, 3.05) is 0 Å². The molecule has 0 heterocycles. The highest BCUT2D eigenvalue weighted by Gasteiger charge is 2.74. The highest BCUT2D eigenvalue weighted by atomic mass is 16.5. The van der Waals surface area contributed by atoms with Gasteiger partial charge in [-0.2, -0.15) is 0 Å². The Hall–Kier alpha value is -2.69. The summed E-state index contributed by atoms with van der Waals surface area (Å²) in [6, 6.07) is 18.7. The van der Waals surface area contributed by atoms with Gasteiger partial charge in [0.1, 0.15) is 5.75 Å². The Balaban J connectivity index is 1.41. The molecule has 1 spiro atoms. The van der Waals surface area contributed by atoms with Crippen molar-refractivity contribution >= 4 is 16.7 Å². The predicted molar refractivity (Wildman–Crippen MR) is 113 cm³/mol. The molecule has 2 saturated carbocycles. The summed E-state index contributed by atoms with van der Waals surface area (Å²) >= 11 is 0. The number of ether oxygens (including phenoxy) is 1. The Labute approximate surface area is 175 Å². The summed E-state index contributed by atoms with van der Waals surface area (Å²) in [5, 5.41) is 23.7. The second-order valence-electron chi connectivity index (χ2n) is 9.43. The van der Waals surface area contributed by atoms with Gasteiger partial charge in [0, 0.05) is 10.8 Å². The van der Waals surface area contributed by atoms with E-state index < -0.39 is 6.10 Å². The summed E-state index contributed by atoms with van der Waals surface area (Å²) in [7, 11) is 0. The standard InChI is InChI=1S/C26H24O4/c1-25-14-21(27)23-19-9-8-18(30-24(29)15-5-3-2-4-6-15)11-16(19)7-10-20(23)26(25)13-17(26)12-22(25)28/h2-11,17,21-22,27-28H,12-14H2,1H3/t17?,21?,22?,25-,26?/m1/s1. The molecule has 3 aromatic carbocycles. The van der Waals surface area contributed by atoms with Crippen LogP contribution in [0.5, 0.6) is 5.75 Å². The lowest BCUT2D eigenvalue weighted by atomic mass is 9.60. The second-order valence-corrected chi connectivity index (χ2v) is 9.43. The summed E-state index contributed by atoms with van der Waals surface area (Å²) < 4.78 is 5.57. The molecule has 6 rings (SSSR count). The Bertz CT molecular complexity index is 1190. The fourth-order valence-corrected chi connectivity index (χ4v) is 6.48. The van der Waals surface area contributed by atoms with Crippen LogP contribution in [0.4, 0.5) is 0 Å². The summed E-state index contributed by atoms with van der Waals surface area (Å²) in [6.07, 6.45) is 1.55. The van der Waals surface area contributed by atoms with Gasteiger partial charge in [-0.3, -0.25) is 0 Å². The molecule has 5 atom stereocenters. The van der Waals surface area contributed by atoms with Crippen molar-refractivity contribution < 1.29 is 19.7 Å². The maximum Gasteiger partial charge on any atom is 0.343 e. The summed E-state index contributed by atoms with van der Waals surface area (Å²) in [6.45, 7) is 2.15. The Kier molecular flexibility index (Phi) is 3.58. The van der Waals surface area contributed by atoms with Crippen LogP contribution in [0.1, 0.15) is 53.8 Å². The van der Waals surface area contributed by atoms with Crippen LogP contribution in [0.2, 0.25) is 0 Å². The first-order valence-corrected chi connectivity index (χ1v) is 10.6. The zero-order chi connectivity index (χ0) is 20.7. The fourth-order valence-electron chi connectivity index (χ4n) is 6.48. The molecule has 4 nitrogen and oxygen atoms in total. The first-order valence-electron chi connectivity index (χ1n) is 10.6. The van der Waals surface area contributed by atoms with E-state index in [0.717, 1.165) is 29.2 Å².